The van der Waals surface area contributed by atoms with Crippen molar-refractivity contribution < 1.29 is 31.0 Å². The fourth-order valence-corrected chi connectivity index (χ4v) is 5.57. The molecule has 4 aromatic carbocycles. The molecule has 8 nitrogen and oxygen atoms in total. The SMILES string of the molecule is O=S(=O)(O)c1cc(S(=O)(=O)O)c2c(N3CC3c3cccc4ccccc34)c(O)ccc2c1. The third-order valence-corrected chi connectivity index (χ3v) is 7.37. The van der Waals surface area contributed by atoms with E-state index in [2.05, 4.69) is 0 Å². The lowest BCUT2D eigenvalue weighted by atomic mass is 10.0. The Bertz CT molecular complexity index is 1620. The van der Waals surface area contributed by atoms with E-state index in [0.29, 0.717) is 12.6 Å². The molecule has 5 rings (SSSR count). The first-order valence-corrected chi connectivity index (χ1v) is 12.4. The van der Waals surface area contributed by atoms with E-state index >= 15 is 0 Å². The minimum atomic E-state index is -4.89. The molecule has 1 unspecified atom stereocenters. The van der Waals surface area contributed by atoms with Crippen LogP contribution in [0.1, 0.15) is 11.6 Å². The van der Waals surface area contributed by atoms with Crippen LogP contribution in [0.4, 0.5) is 5.69 Å². The van der Waals surface area contributed by atoms with Gasteiger partial charge in [0.15, 0.2) is 0 Å². The molecule has 1 aliphatic rings. The highest BCUT2D eigenvalue weighted by molar-refractivity contribution is 7.86. The number of rotatable bonds is 4. The van der Waals surface area contributed by atoms with Gasteiger partial charge in [0.2, 0.25) is 0 Å². The van der Waals surface area contributed by atoms with Crippen LogP contribution in [0.15, 0.2) is 76.5 Å². The molecule has 3 N–H and O–H groups in total. The molecule has 164 valence electrons. The first-order chi connectivity index (χ1) is 15.1. The van der Waals surface area contributed by atoms with E-state index < -0.39 is 30.0 Å². The maximum Gasteiger partial charge on any atom is 0.295 e. The Kier molecular flexibility index (Phi) is 4.47. The monoisotopic (exact) mass is 471 g/mol. The number of hydrogen-bond acceptors (Lipinski definition) is 6. The molecule has 1 heterocycles. The number of phenolic OH excluding ortho intramolecular Hbond substituents is 1. The van der Waals surface area contributed by atoms with Crippen LogP contribution < -0.4 is 4.90 Å². The van der Waals surface area contributed by atoms with Gasteiger partial charge >= 0.3 is 0 Å². The highest BCUT2D eigenvalue weighted by Gasteiger charge is 2.40. The van der Waals surface area contributed by atoms with E-state index in [1.807, 2.05) is 42.5 Å². The van der Waals surface area contributed by atoms with Crippen molar-refractivity contribution in [3.8, 4) is 5.75 Å². The lowest BCUT2D eigenvalue weighted by Crippen LogP contribution is -2.06. The summed E-state index contributed by atoms with van der Waals surface area (Å²) in [6.45, 7) is 0.478. The zero-order valence-corrected chi connectivity index (χ0v) is 18.0. The topological polar surface area (TPSA) is 132 Å². The lowest BCUT2D eigenvalue weighted by molar-refractivity contribution is 0.477. The third kappa shape index (κ3) is 3.37. The molecule has 1 fully saturated rings. The molecule has 0 bridgehead atoms. The van der Waals surface area contributed by atoms with Crippen LogP contribution >= 0.6 is 0 Å². The van der Waals surface area contributed by atoms with Crippen LogP contribution in [0.25, 0.3) is 21.5 Å². The summed E-state index contributed by atoms with van der Waals surface area (Å²) >= 11 is 0. The number of aromatic hydroxyl groups is 1. The van der Waals surface area contributed by atoms with Gasteiger partial charge in [0.05, 0.1) is 16.6 Å². The van der Waals surface area contributed by atoms with Crippen molar-refractivity contribution in [3.05, 3.63) is 72.3 Å². The minimum Gasteiger partial charge on any atom is -0.506 e. The summed E-state index contributed by atoms with van der Waals surface area (Å²) in [6, 6.07) is 17.9. The summed E-state index contributed by atoms with van der Waals surface area (Å²) in [6.07, 6.45) is 0. The van der Waals surface area contributed by atoms with E-state index in [4.69, 9.17) is 0 Å². The van der Waals surface area contributed by atoms with E-state index in [-0.39, 0.29) is 28.3 Å². The second-order valence-electron chi connectivity index (χ2n) is 7.64. The Labute approximate surface area is 183 Å². The average Bonchev–Trinajstić information content (AvgIpc) is 3.51. The number of anilines is 1. The molecule has 4 aromatic rings. The molecule has 0 amide bonds. The second kappa shape index (κ2) is 6.91. The molecular weight excluding hydrogens is 454 g/mol. The average molecular weight is 472 g/mol. The van der Waals surface area contributed by atoms with Crippen molar-refractivity contribution in [2.24, 2.45) is 0 Å². The largest absolute Gasteiger partial charge is 0.506 e. The number of nitrogens with zero attached hydrogens (tertiary/aromatic N) is 1. The van der Waals surface area contributed by atoms with Gasteiger partial charge in [0.25, 0.3) is 20.2 Å². The Morgan fingerprint density at radius 2 is 1.53 bits per heavy atom. The maximum absolute atomic E-state index is 12.1. The molecule has 1 saturated heterocycles. The zero-order valence-electron chi connectivity index (χ0n) is 16.4. The second-order valence-corrected chi connectivity index (χ2v) is 10.5. The molecule has 1 aliphatic heterocycles. The fourth-order valence-electron chi connectivity index (χ4n) is 4.21. The first kappa shape index (κ1) is 20.7. The van der Waals surface area contributed by atoms with Gasteiger partial charge in [-0.15, -0.1) is 0 Å². The summed E-state index contributed by atoms with van der Waals surface area (Å²) < 4.78 is 66.8. The summed E-state index contributed by atoms with van der Waals surface area (Å²) in [7, 11) is -9.62. The van der Waals surface area contributed by atoms with Gasteiger partial charge < -0.3 is 10.0 Å². The summed E-state index contributed by atoms with van der Waals surface area (Å²) in [4.78, 5) is 0.393. The van der Waals surface area contributed by atoms with Crippen molar-refractivity contribution in [3.63, 3.8) is 0 Å². The first-order valence-electron chi connectivity index (χ1n) is 9.55. The van der Waals surface area contributed by atoms with Gasteiger partial charge in [-0.25, -0.2) is 0 Å². The Balaban J connectivity index is 1.74. The molecule has 0 aliphatic carbocycles. The molecule has 32 heavy (non-hydrogen) atoms. The predicted molar refractivity (Wildman–Crippen MR) is 119 cm³/mol. The van der Waals surface area contributed by atoms with Crippen LogP contribution in [0.2, 0.25) is 0 Å². The van der Waals surface area contributed by atoms with Crippen molar-refractivity contribution in [1.29, 1.82) is 0 Å². The van der Waals surface area contributed by atoms with Crippen molar-refractivity contribution >= 4 is 47.5 Å². The fraction of sp³-hybridized carbons (Fsp3) is 0.0909. The predicted octanol–water partition coefficient (Wildman–Crippen LogP) is 3.75. The Hall–Kier alpha value is -3.18. The maximum atomic E-state index is 12.1. The van der Waals surface area contributed by atoms with Crippen LogP contribution in [-0.4, -0.2) is 37.6 Å². The highest BCUT2D eigenvalue weighted by Crippen LogP contribution is 2.50. The Morgan fingerprint density at radius 3 is 2.25 bits per heavy atom. The van der Waals surface area contributed by atoms with E-state index in [1.54, 1.807) is 4.90 Å². The number of phenols is 1. The van der Waals surface area contributed by atoms with E-state index in [1.165, 1.54) is 12.1 Å². The summed E-state index contributed by atoms with van der Waals surface area (Å²) in [5, 5.41) is 12.8. The molecular formula is C22H17NO7S2. The standard InChI is InChI=1S/C22H17NO7S2/c24-19-9-8-14-10-15(31(25,26)27)11-20(32(28,29)30)21(14)22(19)23-12-18(23)17-7-3-5-13-4-1-2-6-16(13)17/h1-11,18,24H,12H2,(H,25,26,27)(H,28,29,30). The quantitative estimate of drug-likeness (QED) is 0.303. The van der Waals surface area contributed by atoms with Crippen LogP contribution in [0.3, 0.4) is 0 Å². The summed E-state index contributed by atoms with van der Waals surface area (Å²) in [5.74, 6) is -0.218. The van der Waals surface area contributed by atoms with Gasteiger partial charge in [-0.05, 0) is 39.9 Å². The van der Waals surface area contributed by atoms with Gasteiger partial charge in [-0.1, -0.05) is 48.5 Å². The smallest absolute Gasteiger partial charge is 0.295 e. The van der Waals surface area contributed by atoms with Gasteiger partial charge in [-0.2, -0.15) is 16.8 Å². The van der Waals surface area contributed by atoms with E-state index in [9.17, 15) is 31.0 Å². The van der Waals surface area contributed by atoms with Gasteiger partial charge in [-0.3, -0.25) is 9.11 Å². The van der Waals surface area contributed by atoms with E-state index in [0.717, 1.165) is 22.4 Å². The van der Waals surface area contributed by atoms with Gasteiger partial charge in [0.1, 0.15) is 10.6 Å². The third-order valence-electron chi connectivity index (χ3n) is 5.66. The van der Waals surface area contributed by atoms with Crippen LogP contribution in [0, 0.1) is 0 Å². The van der Waals surface area contributed by atoms with Crippen LogP contribution in [0.5, 0.6) is 5.75 Å². The Morgan fingerprint density at radius 1 is 0.812 bits per heavy atom. The van der Waals surface area contributed by atoms with Gasteiger partial charge in [0, 0.05) is 11.9 Å². The molecule has 0 saturated carbocycles. The molecule has 1 atom stereocenters. The molecule has 0 aromatic heterocycles. The molecule has 10 heteroatoms. The van der Waals surface area contributed by atoms with Crippen molar-refractivity contribution in [2.45, 2.75) is 15.8 Å². The van der Waals surface area contributed by atoms with Crippen molar-refractivity contribution in [1.82, 2.24) is 0 Å². The van der Waals surface area contributed by atoms with Crippen LogP contribution in [-0.2, 0) is 20.2 Å². The molecule has 0 spiro atoms. The highest BCUT2D eigenvalue weighted by atomic mass is 32.2. The number of fused-ring (bicyclic) bond motifs is 2. The number of hydrogen-bond donors (Lipinski definition) is 3. The zero-order chi connectivity index (χ0) is 22.8. The normalized spacial score (nSPS) is 16.6. The lowest BCUT2D eigenvalue weighted by Gasteiger charge is -2.16. The summed E-state index contributed by atoms with van der Waals surface area (Å²) in [5.41, 5.74) is 1.15. The van der Waals surface area contributed by atoms with Crippen molar-refractivity contribution in [2.75, 3.05) is 11.4 Å². The minimum absolute atomic E-state index is 0.0253. The number of benzene rings is 4. The molecule has 0 radical (unpaired) electrons.